The third-order valence-electron chi connectivity index (χ3n) is 5.35. The first-order valence-corrected chi connectivity index (χ1v) is 11.4. The van der Waals surface area contributed by atoms with Crippen molar-refractivity contribution >= 4 is 23.4 Å². The number of hydrogen-bond acceptors (Lipinski definition) is 4. The number of benzene rings is 2. The van der Waals surface area contributed by atoms with Crippen LogP contribution in [-0.4, -0.2) is 53.4 Å². The maximum atomic E-state index is 13.5. The normalized spacial score (nSPS) is 11.3. The van der Waals surface area contributed by atoms with Crippen LogP contribution in [-0.2, 0) is 14.9 Å². The molecule has 0 aliphatic rings. The van der Waals surface area contributed by atoms with Gasteiger partial charge in [-0.1, -0.05) is 45.0 Å². The van der Waals surface area contributed by atoms with Crippen LogP contribution in [0.5, 0.6) is 0 Å². The van der Waals surface area contributed by atoms with Crippen LogP contribution in [0.2, 0.25) is 0 Å². The summed E-state index contributed by atoms with van der Waals surface area (Å²) in [5, 5.41) is 10.3. The Hall–Kier alpha value is -3.72. The van der Waals surface area contributed by atoms with Gasteiger partial charge < -0.3 is 20.3 Å². The van der Waals surface area contributed by atoms with Gasteiger partial charge in [-0.05, 0) is 36.8 Å². The Kier molecular flexibility index (Phi) is 8.24. The van der Waals surface area contributed by atoms with Crippen LogP contribution in [0.4, 0.5) is 20.7 Å². The number of anilines is 2. The summed E-state index contributed by atoms with van der Waals surface area (Å²) in [7, 11) is 1.51. The minimum Gasteiger partial charge on any atom is -0.383 e. The zero-order valence-corrected chi connectivity index (χ0v) is 20.8. The molecule has 3 aromatic rings. The lowest BCUT2D eigenvalue weighted by atomic mass is 9.92. The molecule has 0 saturated carbocycles. The number of ether oxygens (including phenoxy) is 1. The van der Waals surface area contributed by atoms with E-state index >= 15 is 0 Å². The Morgan fingerprint density at radius 1 is 1.09 bits per heavy atom. The first kappa shape index (κ1) is 25.9. The molecule has 0 fully saturated rings. The van der Waals surface area contributed by atoms with E-state index in [0.29, 0.717) is 11.5 Å². The Bertz CT molecular complexity index is 1190. The molecule has 1 heterocycles. The Labute approximate surface area is 205 Å². The molecule has 0 aliphatic heterocycles. The number of aryl methyl sites for hydroxylation is 1. The molecule has 0 spiro atoms. The highest BCUT2D eigenvalue weighted by Crippen LogP contribution is 2.27. The number of halogens is 1. The summed E-state index contributed by atoms with van der Waals surface area (Å²) in [4.78, 5) is 27.2. The molecule has 0 aliphatic carbocycles. The fourth-order valence-corrected chi connectivity index (χ4v) is 3.40. The maximum Gasteiger partial charge on any atom is 0.322 e. The molecule has 3 rings (SSSR count). The number of nitrogens with one attached hydrogen (secondary N) is 2. The van der Waals surface area contributed by atoms with E-state index in [1.54, 1.807) is 10.7 Å². The third-order valence-corrected chi connectivity index (χ3v) is 5.35. The lowest BCUT2D eigenvalue weighted by molar-refractivity contribution is -0.116. The van der Waals surface area contributed by atoms with Crippen LogP contribution in [0.15, 0.2) is 54.6 Å². The summed E-state index contributed by atoms with van der Waals surface area (Å²) in [6.45, 7) is 8.30. The first-order valence-electron chi connectivity index (χ1n) is 11.4. The Morgan fingerprint density at radius 2 is 1.83 bits per heavy atom. The van der Waals surface area contributed by atoms with E-state index in [1.165, 1.54) is 30.2 Å². The summed E-state index contributed by atoms with van der Waals surface area (Å²) in [5.74, 6) is -0.361. The molecule has 3 amide bonds. The van der Waals surface area contributed by atoms with E-state index < -0.39 is 17.8 Å². The van der Waals surface area contributed by atoms with Crippen molar-refractivity contribution in [3.8, 4) is 5.69 Å². The second-order valence-electron chi connectivity index (χ2n) is 9.27. The number of nitrogens with zero attached hydrogens (tertiary/aromatic N) is 3. The van der Waals surface area contributed by atoms with Crippen LogP contribution in [0, 0.1) is 12.7 Å². The van der Waals surface area contributed by atoms with Crippen molar-refractivity contribution < 1.29 is 18.7 Å². The summed E-state index contributed by atoms with van der Waals surface area (Å²) >= 11 is 0. The van der Waals surface area contributed by atoms with Crippen LogP contribution in [0.3, 0.4) is 0 Å². The number of para-hydroxylation sites is 1. The molecular weight excluding hydrogens is 449 g/mol. The van der Waals surface area contributed by atoms with Crippen molar-refractivity contribution in [3.05, 3.63) is 71.7 Å². The molecule has 35 heavy (non-hydrogen) atoms. The van der Waals surface area contributed by atoms with Crippen molar-refractivity contribution in [2.24, 2.45) is 0 Å². The van der Waals surface area contributed by atoms with Gasteiger partial charge in [-0.3, -0.25) is 4.79 Å². The topological polar surface area (TPSA) is 88.5 Å². The fourth-order valence-electron chi connectivity index (χ4n) is 3.40. The van der Waals surface area contributed by atoms with Crippen molar-refractivity contribution in [1.82, 2.24) is 14.7 Å². The number of methoxy groups -OCH3 is 1. The molecular formula is C26H32FN5O3. The maximum absolute atomic E-state index is 13.5. The summed E-state index contributed by atoms with van der Waals surface area (Å²) < 4.78 is 20.3. The molecule has 1 aromatic heterocycles. The highest BCUT2D eigenvalue weighted by atomic mass is 19.1. The summed E-state index contributed by atoms with van der Waals surface area (Å²) in [6, 6.07) is 14.6. The molecule has 0 radical (unpaired) electrons. The average Bonchev–Trinajstić information content (AvgIpc) is 3.21. The van der Waals surface area contributed by atoms with E-state index in [-0.39, 0.29) is 25.1 Å². The number of rotatable bonds is 8. The van der Waals surface area contributed by atoms with E-state index in [2.05, 4.69) is 10.6 Å². The van der Waals surface area contributed by atoms with Gasteiger partial charge in [0.1, 0.15) is 18.2 Å². The molecule has 9 heteroatoms. The second-order valence-corrected chi connectivity index (χ2v) is 9.27. The summed E-state index contributed by atoms with van der Waals surface area (Å²) in [5.41, 5.74) is 2.73. The van der Waals surface area contributed by atoms with Crippen molar-refractivity contribution in [3.63, 3.8) is 0 Å². The Morgan fingerprint density at radius 3 is 2.49 bits per heavy atom. The number of hydrogen-bond donors (Lipinski definition) is 2. The van der Waals surface area contributed by atoms with E-state index in [4.69, 9.17) is 9.84 Å². The Balaban J connectivity index is 1.82. The zero-order chi connectivity index (χ0) is 25.6. The fraction of sp³-hybridized carbons (Fsp3) is 0.346. The molecule has 186 valence electrons. The van der Waals surface area contributed by atoms with E-state index in [0.717, 1.165) is 16.9 Å². The third kappa shape index (κ3) is 6.89. The zero-order valence-electron chi connectivity index (χ0n) is 20.8. The van der Waals surface area contributed by atoms with Crippen molar-refractivity contribution in [2.75, 3.05) is 37.4 Å². The predicted octanol–water partition coefficient (Wildman–Crippen LogP) is 4.74. The van der Waals surface area contributed by atoms with Gasteiger partial charge in [0.15, 0.2) is 0 Å². The highest BCUT2D eigenvalue weighted by molar-refractivity contribution is 5.96. The lowest BCUT2D eigenvalue weighted by Crippen LogP contribution is -2.42. The molecule has 2 N–H and O–H groups in total. The van der Waals surface area contributed by atoms with E-state index in [1.807, 2.05) is 58.0 Å². The standard InChI is InChI=1S/C26H32FN5O3/c1-18-9-6-7-12-21(18)32-23(16-22(30-32)26(2,3)4)29-24(33)17-31(13-14-35-5)25(34)28-20-11-8-10-19(27)15-20/h6-12,15-16H,13-14,17H2,1-5H3,(H,28,34)(H,29,33). The minimum atomic E-state index is -0.536. The summed E-state index contributed by atoms with van der Waals surface area (Å²) in [6.07, 6.45) is 0. The van der Waals surface area contributed by atoms with Crippen LogP contribution < -0.4 is 10.6 Å². The minimum absolute atomic E-state index is 0.176. The number of carbonyl (C=O) groups excluding carboxylic acids is 2. The van der Waals surface area contributed by atoms with Gasteiger partial charge in [-0.25, -0.2) is 13.9 Å². The van der Waals surface area contributed by atoms with Gasteiger partial charge in [0, 0.05) is 30.8 Å². The molecule has 0 unspecified atom stereocenters. The molecule has 8 nitrogen and oxygen atoms in total. The predicted molar refractivity (Wildman–Crippen MR) is 134 cm³/mol. The van der Waals surface area contributed by atoms with Gasteiger partial charge in [-0.15, -0.1) is 0 Å². The van der Waals surface area contributed by atoms with Crippen molar-refractivity contribution in [2.45, 2.75) is 33.1 Å². The van der Waals surface area contributed by atoms with Crippen molar-refractivity contribution in [1.29, 1.82) is 0 Å². The molecule has 0 atom stereocenters. The first-order chi connectivity index (χ1) is 16.6. The van der Waals surface area contributed by atoms with Gasteiger partial charge in [0.25, 0.3) is 0 Å². The number of urea groups is 1. The van der Waals surface area contributed by atoms with Crippen LogP contribution in [0.25, 0.3) is 5.69 Å². The number of carbonyl (C=O) groups is 2. The van der Waals surface area contributed by atoms with Gasteiger partial charge >= 0.3 is 6.03 Å². The smallest absolute Gasteiger partial charge is 0.322 e. The lowest BCUT2D eigenvalue weighted by Gasteiger charge is -2.22. The molecule has 0 saturated heterocycles. The highest BCUT2D eigenvalue weighted by Gasteiger charge is 2.23. The largest absolute Gasteiger partial charge is 0.383 e. The second kappa shape index (κ2) is 11.1. The van der Waals surface area contributed by atoms with Gasteiger partial charge in [-0.2, -0.15) is 5.10 Å². The quantitative estimate of drug-likeness (QED) is 0.487. The average molecular weight is 482 g/mol. The molecule has 2 aromatic carbocycles. The van der Waals surface area contributed by atoms with Crippen LogP contribution >= 0.6 is 0 Å². The monoisotopic (exact) mass is 481 g/mol. The SMILES string of the molecule is COCCN(CC(=O)Nc1cc(C(C)(C)C)nn1-c1ccccc1C)C(=O)Nc1cccc(F)c1. The van der Waals surface area contributed by atoms with E-state index in [9.17, 15) is 14.0 Å². The van der Waals surface area contributed by atoms with Gasteiger partial charge in [0.05, 0.1) is 18.0 Å². The molecule has 0 bridgehead atoms. The van der Waals surface area contributed by atoms with Crippen LogP contribution in [0.1, 0.15) is 32.0 Å². The number of amides is 3. The number of aromatic nitrogens is 2. The van der Waals surface area contributed by atoms with Gasteiger partial charge in [0.2, 0.25) is 5.91 Å².